The Morgan fingerprint density at radius 1 is 1.22 bits per heavy atom. The summed E-state index contributed by atoms with van der Waals surface area (Å²) in [5, 5.41) is 4.67. The second-order valence-electron chi connectivity index (χ2n) is 7.03. The van der Waals surface area contributed by atoms with Gasteiger partial charge >= 0.3 is 0 Å². The van der Waals surface area contributed by atoms with Crippen molar-refractivity contribution < 1.29 is 9.53 Å². The molecular formula is C19H20ClN5O2. The van der Waals surface area contributed by atoms with Gasteiger partial charge in [-0.15, -0.1) is 0 Å². The van der Waals surface area contributed by atoms with Gasteiger partial charge < -0.3 is 10.5 Å². The fourth-order valence-electron chi connectivity index (χ4n) is 2.63. The number of nitrogens with zero attached hydrogens (tertiary/aromatic N) is 4. The normalized spacial score (nSPS) is 11.4. The van der Waals surface area contributed by atoms with Gasteiger partial charge in [0.25, 0.3) is 11.9 Å². The lowest BCUT2D eigenvalue weighted by molar-refractivity contribution is 0.0995. The molecule has 7 nitrogen and oxygen atoms in total. The van der Waals surface area contributed by atoms with E-state index in [0.29, 0.717) is 23.3 Å². The SMILES string of the molecule is CC(C)(C)c1cccc(Cl)c1COc1cnc(-n2ccc(C(N)=O)n2)nc1. The number of carbonyl (C=O) groups excluding carboxylic acids is 1. The zero-order valence-electron chi connectivity index (χ0n) is 15.3. The summed E-state index contributed by atoms with van der Waals surface area (Å²) in [5.74, 6) is 0.201. The number of aromatic nitrogens is 4. The number of rotatable bonds is 5. The van der Waals surface area contributed by atoms with Crippen LogP contribution < -0.4 is 10.5 Å². The van der Waals surface area contributed by atoms with E-state index in [1.54, 1.807) is 18.6 Å². The van der Waals surface area contributed by atoms with Gasteiger partial charge in [-0.2, -0.15) is 5.10 Å². The summed E-state index contributed by atoms with van der Waals surface area (Å²) >= 11 is 6.37. The first kappa shape index (κ1) is 18.8. The first-order valence-corrected chi connectivity index (χ1v) is 8.72. The zero-order valence-corrected chi connectivity index (χ0v) is 16.1. The van der Waals surface area contributed by atoms with E-state index in [-0.39, 0.29) is 11.1 Å². The van der Waals surface area contributed by atoms with Crippen LogP contribution in [0, 0.1) is 0 Å². The van der Waals surface area contributed by atoms with Crippen molar-refractivity contribution in [3.63, 3.8) is 0 Å². The van der Waals surface area contributed by atoms with Crippen LogP contribution in [0.3, 0.4) is 0 Å². The van der Waals surface area contributed by atoms with Gasteiger partial charge in [-0.05, 0) is 23.1 Å². The smallest absolute Gasteiger partial charge is 0.269 e. The molecule has 0 aliphatic heterocycles. The lowest BCUT2D eigenvalue weighted by atomic mass is 9.84. The van der Waals surface area contributed by atoms with Crippen LogP contribution in [0.4, 0.5) is 0 Å². The number of hydrogen-bond donors (Lipinski definition) is 1. The van der Waals surface area contributed by atoms with Crippen LogP contribution in [0.15, 0.2) is 42.9 Å². The summed E-state index contributed by atoms with van der Waals surface area (Å²) in [4.78, 5) is 19.5. The van der Waals surface area contributed by atoms with Gasteiger partial charge in [0.05, 0.1) is 12.4 Å². The van der Waals surface area contributed by atoms with Crippen molar-refractivity contribution in [2.45, 2.75) is 32.8 Å². The molecule has 0 aliphatic carbocycles. The topological polar surface area (TPSA) is 95.9 Å². The van der Waals surface area contributed by atoms with E-state index in [1.807, 2.05) is 12.1 Å². The number of carbonyl (C=O) groups is 1. The van der Waals surface area contributed by atoms with E-state index < -0.39 is 5.91 Å². The van der Waals surface area contributed by atoms with Crippen molar-refractivity contribution in [1.29, 1.82) is 0 Å². The Morgan fingerprint density at radius 2 is 1.93 bits per heavy atom. The molecule has 2 heterocycles. The van der Waals surface area contributed by atoms with Crippen LogP contribution in [0.1, 0.15) is 42.4 Å². The second kappa shape index (κ2) is 7.36. The third kappa shape index (κ3) is 4.25. The molecule has 1 aromatic carbocycles. The van der Waals surface area contributed by atoms with E-state index in [1.165, 1.54) is 10.7 Å². The number of halogens is 1. The van der Waals surface area contributed by atoms with Crippen LogP contribution in [-0.2, 0) is 12.0 Å². The van der Waals surface area contributed by atoms with Crippen LogP contribution in [-0.4, -0.2) is 25.7 Å². The molecule has 3 aromatic rings. The minimum atomic E-state index is -0.608. The minimum Gasteiger partial charge on any atom is -0.486 e. The standard InChI is InChI=1S/C19H20ClN5O2/c1-19(2,3)14-5-4-6-15(20)13(14)11-27-12-9-22-18(23-10-12)25-8-7-16(24-25)17(21)26/h4-10H,11H2,1-3H3,(H2,21,26). The van der Waals surface area contributed by atoms with E-state index in [0.717, 1.165) is 11.1 Å². The summed E-state index contributed by atoms with van der Waals surface area (Å²) in [5.41, 5.74) is 7.35. The highest BCUT2D eigenvalue weighted by Crippen LogP contribution is 2.31. The molecule has 2 N–H and O–H groups in total. The highest BCUT2D eigenvalue weighted by Gasteiger charge is 2.20. The van der Waals surface area contributed by atoms with Crippen molar-refractivity contribution in [3.05, 3.63) is 64.7 Å². The molecule has 2 aromatic heterocycles. The Morgan fingerprint density at radius 3 is 2.52 bits per heavy atom. The molecule has 27 heavy (non-hydrogen) atoms. The van der Waals surface area contributed by atoms with Crippen LogP contribution in [0.2, 0.25) is 5.02 Å². The van der Waals surface area contributed by atoms with Crippen molar-refractivity contribution in [1.82, 2.24) is 19.7 Å². The number of ether oxygens (including phenoxy) is 1. The predicted molar refractivity (Wildman–Crippen MR) is 102 cm³/mol. The molecule has 0 bridgehead atoms. The fourth-order valence-corrected chi connectivity index (χ4v) is 2.86. The number of primary amides is 1. The summed E-state index contributed by atoms with van der Waals surface area (Å²) in [6.45, 7) is 6.70. The number of hydrogen-bond acceptors (Lipinski definition) is 5. The summed E-state index contributed by atoms with van der Waals surface area (Å²) in [7, 11) is 0. The lowest BCUT2D eigenvalue weighted by Gasteiger charge is -2.23. The third-order valence-corrected chi connectivity index (χ3v) is 4.33. The second-order valence-corrected chi connectivity index (χ2v) is 7.44. The Labute approximate surface area is 162 Å². The first-order valence-electron chi connectivity index (χ1n) is 8.34. The van der Waals surface area contributed by atoms with Gasteiger partial charge in [-0.1, -0.05) is 44.5 Å². The Kier molecular flexibility index (Phi) is 5.14. The van der Waals surface area contributed by atoms with Crippen molar-refractivity contribution in [2.24, 2.45) is 5.73 Å². The largest absolute Gasteiger partial charge is 0.486 e. The maximum atomic E-state index is 11.1. The highest BCUT2D eigenvalue weighted by molar-refractivity contribution is 6.31. The van der Waals surface area contributed by atoms with Gasteiger partial charge in [0, 0.05) is 16.8 Å². The summed E-state index contributed by atoms with van der Waals surface area (Å²) < 4.78 is 7.20. The summed E-state index contributed by atoms with van der Waals surface area (Å²) in [6, 6.07) is 7.34. The van der Waals surface area contributed by atoms with Gasteiger partial charge in [-0.3, -0.25) is 4.79 Å². The van der Waals surface area contributed by atoms with Crippen LogP contribution >= 0.6 is 11.6 Å². The first-order chi connectivity index (χ1) is 12.8. The Bertz CT molecular complexity index is 961. The van der Waals surface area contributed by atoms with Crippen molar-refractivity contribution in [3.8, 4) is 11.7 Å². The molecule has 0 radical (unpaired) electrons. The minimum absolute atomic E-state index is 0.0534. The maximum Gasteiger partial charge on any atom is 0.269 e. The van der Waals surface area contributed by atoms with Crippen LogP contribution in [0.25, 0.3) is 5.95 Å². The molecule has 1 amide bonds. The number of nitrogens with two attached hydrogens (primary N) is 1. The Balaban J connectivity index is 1.75. The van der Waals surface area contributed by atoms with Crippen molar-refractivity contribution >= 4 is 17.5 Å². The van der Waals surface area contributed by atoms with Crippen LogP contribution in [0.5, 0.6) is 5.75 Å². The predicted octanol–water partition coefficient (Wildman–Crippen LogP) is 3.29. The van der Waals surface area contributed by atoms with Gasteiger partial charge in [0.1, 0.15) is 12.3 Å². The van der Waals surface area contributed by atoms with Crippen molar-refractivity contribution in [2.75, 3.05) is 0 Å². The van der Waals surface area contributed by atoms with E-state index in [9.17, 15) is 4.79 Å². The van der Waals surface area contributed by atoms with Gasteiger partial charge in [-0.25, -0.2) is 14.6 Å². The lowest BCUT2D eigenvalue weighted by Crippen LogP contribution is -2.16. The van der Waals surface area contributed by atoms with Gasteiger partial charge in [0.15, 0.2) is 5.75 Å². The van der Waals surface area contributed by atoms with E-state index >= 15 is 0 Å². The fraction of sp³-hybridized carbons (Fsp3) is 0.263. The quantitative estimate of drug-likeness (QED) is 0.726. The summed E-state index contributed by atoms with van der Waals surface area (Å²) in [6.07, 6.45) is 4.65. The van der Waals surface area contributed by atoms with E-state index in [2.05, 4.69) is 41.9 Å². The number of benzene rings is 1. The third-order valence-electron chi connectivity index (χ3n) is 3.97. The zero-order chi connectivity index (χ0) is 19.6. The average molecular weight is 386 g/mol. The molecule has 0 fully saturated rings. The Hall–Kier alpha value is -2.93. The van der Waals surface area contributed by atoms with E-state index in [4.69, 9.17) is 22.1 Å². The molecule has 0 spiro atoms. The number of amides is 1. The maximum absolute atomic E-state index is 11.1. The molecule has 0 aliphatic rings. The molecule has 3 rings (SSSR count). The molecule has 8 heteroatoms. The molecule has 140 valence electrons. The molecule has 0 unspecified atom stereocenters. The van der Waals surface area contributed by atoms with Gasteiger partial charge in [0.2, 0.25) is 0 Å². The molecular weight excluding hydrogens is 366 g/mol. The average Bonchev–Trinajstić information content (AvgIpc) is 3.10. The molecule has 0 saturated heterocycles. The molecule has 0 atom stereocenters. The highest BCUT2D eigenvalue weighted by atomic mass is 35.5. The molecule has 0 saturated carbocycles. The monoisotopic (exact) mass is 385 g/mol.